The van der Waals surface area contributed by atoms with E-state index in [2.05, 4.69) is 43.1 Å². The molecule has 396 valence electrons. The molecule has 74 heavy (non-hydrogen) atoms. The lowest BCUT2D eigenvalue weighted by Gasteiger charge is -2.31. The van der Waals surface area contributed by atoms with Crippen molar-refractivity contribution in [2.75, 3.05) is 53.6 Å². The van der Waals surface area contributed by atoms with Crippen LogP contribution in [0.4, 0.5) is 0 Å². The Bertz CT molecular complexity index is 3040. The number of cyclic esters (lactones) is 1. The van der Waals surface area contributed by atoms with Crippen LogP contribution >= 0.6 is 0 Å². The molecule has 3 aliphatic heterocycles. The van der Waals surface area contributed by atoms with Crippen molar-refractivity contribution in [2.45, 2.75) is 115 Å². The van der Waals surface area contributed by atoms with Gasteiger partial charge in [0.25, 0.3) is 5.56 Å². The number of likely N-dealkylation sites (N-methyl/N-ethyl adjacent to an activating group) is 1. The van der Waals surface area contributed by atoms with Gasteiger partial charge in [-0.15, -0.1) is 0 Å². The van der Waals surface area contributed by atoms with E-state index in [0.717, 1.165) is 22.8 Å². The minimum absolute atomic E-state index is 0.0245. The summed E-state index contributed by atoms with van der Waals surface area (Å²) < 4.78 is 47.0. The molecular weight excluding hydrogens is 979 g/mol. The summed E-state index contributed by atoms with van der Waals surface area (Å²) in [6, 6.07) is 4.07. The topological polar surface area (TPSA) is 289 Å². The van der Waals surface area contributed by atoms with Crippen molar-refractivity contribution in [3.63, 3.8) is 0 Å². The molecule has 3 atom stereocenters. The summed E-state index contributed by atoms with van der Waals surface area (Å²) in [4.78, 5) is 92.6. The second-order valence-corrected chi connectivity index (χ2v) is 20.9. The summed E-state index contributed by atoms with van der Waals surface area (Å²) in [7, 11) is 0.0315. The number of amides is 4. The monoisotopic (exact) mass is 1040 g/mol. The van der Waals surface area contributed by atoms with Gasteiger partial charge in [0.05, 0.1) is 47.2 Å². The molecule has 0 saturated carbocycles. The van der Waals surface area contributed by atoms with Gasteiger partial charge >= 0.3 is 5.97 Å². The third-order valence-electron chi connectivity index (χ3n) is 13.1. The molecule has 3 aromatic heterocycles. The van der Waals surface area contributed by atoms with Crippen LogP contribution in [0.25, 0.3) is 22.3 Å². The molecule has 0 fully saturated rings. The number of carbonyl (C=O) groups is 5. The molecule has 4 aromatic rings. The lowest BCUT2D eigenvalue weighted by atomic mass is 9.86. The summed E-state index contributed by atoms with van der Waals surface area (Å²) in [5.74, 6) is 4.54. The zero-order valence-electron chi connectivity index (χ0n) is 42.4. The quantitative estimate of drug-likeness (QED) is 0.0205. The fourth-order valence-corrected chi connectivity index (χ4v) is 9.49. The molecule has 0 radical (unpaired) electrons. The number of benzene rings is 1. The number of esters is 1. The Kier molecular flexibility index (Phi) is 17.7. The van der Waals surface area contributed by atoms with Gasteiger partial charge in [-0.25, -0.2) is 28.2 Å². The summed E-state index contributed by atoms with van der Waals surface area (Å²) >= 11 is 0. The van der Waals surface area contributed by atoms with Crippen LogP contribution in [-0.2, 0) is 68.5 Å². The van der Waals surface area contributed by atoms with Crippen LogP contribution in [0.15, 0.2) is 40.5 Å². The minimum Gasteiger partial charge on any atom is -0.458 e. The van der Waals surface area contributed by atoms with Gasteiger partial charge in [0.1, 0.15) is 19.4 Å². The van der Waals surface area contributed by atoms with Crippen LogP contribution in [0.2, 0.25) is 0 Å². The van der Waals surface area contributed by atoms with Crippen LogP contribution in [0.1, 0.15) is 100.0 Å². The highest BCUT2D eigenvalue weighted by atomic mass is 32.2. The number of aryl methyl sites for hydroxylation is 1. The molecule has 6 heterocycles. The van der Waals surface area contributed by atoms with Gasteiger partial charge in [-0.1, -0.05) is 32.6 Å². The number of nitrogens with one attached hydrogen (secondary N) is 4. The van der Waals surface area contributed by atoms with Crippen LogP contribution < -0.4 is 36.3 Å². The van der Waals surface area contributed by atoms with E-state index in [1.54, 1.807) is 42.6 Å². The van der Waals surface area contributed by atoms with E-state index in [1.807, 2.05) is 19.9 Å². The Morgan fingerprint density at radius 3 is 2.39 bits per heavy atom. The number of aliphatic hydroxyl groups is 1. The number of aromatic nitrogens is 4. The van der Waals surface area contributed by atoms with Gasteiger partial charge in [-0.3, -0.25) is 28.9 Å². The minimum atomic E-state index is -3.51. The predicted octanol–water partition coefficient (Wildman–Crippen LogP) is 1.72. The van der Waals surface area contributed by atoms with Gasteiger partial charge in [-0.05, 0) is 82.7 Å². The van der Waals surface area contributed by atoms with Crippen LogP contribution in [-0.4, -0.2) is 133 Å². The number of carbonyl (C=O) groups excluding carboxylic acids is 5. The number of sulfone groups is 1. The van der Waals surface area contributed by atoms with Gasteiger partial charge < -0.3 is 49.9 Å². The van der Waals surface area contributed by atoms with E-state index in [9.17, 15) is 42.3 Å². The van der Waals surface area contributed by atoms with Crippen molar-refractivity contribution >= 4 is 50.3 Å². The average Bonchev–Trinajstić information content (AvgIpc) is 3.98. The van der Waals surface area contributed by atoms with Crippen molar-refractivity contribution in [2.24, 2.45) is 5.92 Å². The first-order valence-corrected chi connectivity index (χ1v) is 26.5. The fourth-order valence-electron chi connectivity index (χ4n) is 9.00. The smallest absolute Gasteiger partial charge is 0.343 e. The van der Waals surface area contributed by atoms with Crippen molar-refractivity contribution in [1.29, 1.82) is 0 Å². The molecule has 0 unspecified atom stereocenters. The van der Waals surface area contributed by atoms with Crippen molar-refractivity contribution in [3.05, 3.63) is 68.8 Å². The molecule has 7 rings (SSSR count). The molecule has 0 aliphatic carbocycles. The normalized spacial score (nSPS) is 16.1. The van der Waals surface area contributed by atoms with E-state index in [1.165, 1.54) is 12.4 Å². The van der Waals surface area contributed by atoms with Crippen molar-refractivity contribution in [3.8, 4) is 34.7 Å². The number of nitrogens with zero attached hydrogens (tertiary/aromatic N) is 5. The Hall–Kier alpha value is -7.00. The number of hydrogen-bond acceptors (Lipinski definition) is 17. The SMILES string of the molecule is CC[C@@]1(O)C(=O)OCc2c1cc1n(c2=O)Cc2c-1nc1cc3c(cc1c2CCCOCNC(=O)CNC(=O)[C@H](CCCCNC(=O)[C@@H](NC(=O)CCCC#Cc1cnc(S(C)(=O)=O)nc1)C(C)C)N(C)C)OCO3. The van der Waals surface area contributed by atoms with Crippen molar-refractivity contribution < 1.29 is 56.4 Å². The molecule has 4 amide bonds. The lowest BCUT2D eigenvalue weighted by molar-refractivity contribution is -0.172. The molecule has 3 aliphatic rings. The summed E-state index contributed by atoms with van der Waals surface area (Å²) in [5.41, 5.74) is 1.99. The van der Waals surface area contributed by atoms with E-state index in [0.29, 0.717) is 85.5 Å². The molecule has 1 aromatic carbocycles. The lowest BCUT2D eigenvalue weighted by Crippen LogP contribution is -2.49. The second kappa shape index (κ2) is 23.9. The van der Waals surface area contributed by atoms with Gasteiger partial charge in [0.2, 0.25) is 45.4 Å². The fraction of sp³-hybridized carbons (Fsp3) is 0.510. The molecule has 5 N–H and O–H groups in total. The number of fused-ring (bicyclic) bond motifs is 6. The van der Waals surface area contributed by atoms with Crippen LogP contribution in [0.3, 0.4) is 0 Å². The zero-order valence-corrected chi connectivity index (χ0v) is 43.2. The summed E-state index contributed by atoms with van der Waals surface area (Å²) in [5, 5.41) is 22.9. The van der Waals surface area contributed by atoms with Crippen molar-refractivity contribution in [1.82, 2.24) is 45.7 Å². The zero-order chi connectivity index (χ0) is 53.3. The molecule has 0 bridgehead atoms. The highest BCUT2D eigenvalue weighted by Crippen LogP contribution is 2.43. The van der Waals surface area contributed by atoms with E-state index >= 15 is 0 Å². The molecule has 0 spiro atoms. The maximum absolute atomic E-state index is 13.9. The Labute approximate surface area is 428 Å². The maximum Gasteiger partial charge on any atom is 0.343 e. The van der Waals surface area contributed by atoms with E-state index in [4.69, 9.17) is 23.9 Å². The predicted molar refractivity (Wildman–Crippen MR) is 268 cm³/mol. The highest BCUT2D eigenvalue weighted by Gasteiger charge is 2.45. The number of hydrogen-bond donors (Lipinski definition) is 5. The Balaban J connectivity index is 0.819. The second-order valence-electron chi connectivity index (χ2n) is 19.0. The van der Waals surface area contributed by atoms with Crippen LogP contribution in [0.5, 0.6) is 11.5 Å². The summed E-state index contributed by atoms with van der Waals surface area (Å²) in [6.45, 7) is 5.63. The molecule has 22 nitrogen and oxygen atoms in total. The van der Waals surface area contributed by atoms with E-state index < -0.39 is 39.4 Å². The number of ether oxygens (including phenoxy) is 4. The first-order chi connectivity index (χ1) is 35.3. The van der Waals surface area contributed by atoms with Gasteiger partial charge in [0, 0.05) is 67.2 Å². The largest absolute Gasteiger partial charge is 0.458 e. The maximum atomic E-state index is 13.9. The standard InChI is InChI=1S/C51H63N9O13S/c1-7-51(67)36-21-39-45-34(26-60(39)48(65)35(36)27-71-49(51)66)32(33-20-40-41(73-29-72-40)22-37(33)57-45)15-13-19-70-28-56-43(62)25-53-46(63)38(59(4)5)16-11-12-18-52-47(64)44(30(2)3)58-42(61)17-10-8-9-14-31-23-54-50(55-24-31)74(6,68)69/h20-24,30,38,44,67H,7-8,10-13,15-19,25-29H2,1-6H3,(H,52,64)(H,53,63)(H,56,62)(H,58,61)/t38-,44-,51-/m0/s1. The third kappa shape index (κ3) is 12.7. The molecule has 0 saturated heterocycles. The Morgan fingerprint density at radius 2 is 1.69 bits per heavy atom. The number of rotatable bonds is 23. The number of pyridine rings is 2. The van der Waals surface area contributed by atoms with Crippen LogP contribution in [0, 0.1) is 17.8 Å². The highest BCUT2D eigenvalue weighted by molar-refractivity contribution is 7.90. The Morgan fingerprint density at radius 1 is 0.946 bits per heavy atom. The first-order valence-electron chi connectivity index (χ1n) is 24.6. The third-order valence-corrected chi connectivity index (χ3v) is 14.0. The summed E-state index contributed by atoms with van der Waals surface area (Å²) in [6.07, 6.45) is 7.37. The number of unbranched alkanes of at least 4 members (excludes halogenated alkanes) is 2. The first kappa shape index (κ1) is 54.8. The van der Waals surface area contributed by atoms with Gasteiger partial charge in [-0.2, -0.15) is 0 Å². The molecular formula is C51H63N9O13S. The molecule has 23 heteroatoms. The van der Waals surface area contributed by atoms with E-state index in [-0.39, 0.29) is 98.2 Å². The van der Waals surface area contributed by atoms with Gasteiger partial charge in [0.15, 0.2) is 17.1 Å². The average molecular weight is 1040 g/mol.